The molecular weight excluding hydrogens is 174 g/mol. The van der Waals surface area contributed by atoms with Crippen LogP contribution in [-0.2, 0) is 0 Å². The maximum absolute atomic E-state index is 5.57. The SMILES string of the molecule is C1=CC=Cc2c(oc3ccccc23)N=1. The van der Waals surface area contributed by atoms with Crippen molar-refractivity contribution in [2.45, 2.75) is 0 Å². The van der Waals surface area contributed by atoms with Gasteiger partial charge in [0.15, 0.2) is 0 Å². The van der Waals surface area contributed by atoms with Crippen molar-refractivity contribution in [2.24, 2.45) is 4.99 Å². The number of fused-ring (bicyclic) bond motifs is 3. The Morgan fingerprint density at radius 1 is 1.21 bits per heavy atom. The molecule has 1 aliphatic heterocycles. The molecule has 2 aromatic rings. The zero-order valence-corrected chi connectivity index (χ0v) is 7.40. The first-order valence-corrected chi connectivity index (χ1v) is 4.43. The van der Waals surface area contributed by atoms with E-state index < -0.39 is 0 Å². The van der Waals surface area contributed by atoms with Gasteiger partial charge in [0, 0.05) is 10.9 Å². The minimum absolute atomic E-state index is 0.635. The Kier molecular flexibility index (Phi) is 1.43. The van der Waals surface area contributed by atoms with Crippen molar-refractivity contribution in [2.75, 3.05) is 0 Å². The smallest absolute Gasteiger partial charge is 0.235 e. The summed E-state index contributed by atoms with van der Waals surface area (Å²) in [5.41, 5.74) is 1.90. The third-order valence-corrected chi connectivity index (χ3v) is 2.21. The molecule has 1 aliphatic rings. The van der Waals surface area contributed by atoms with Crippen LogP contribution in [0.3, 0.4) is 0 Å². The van der Waals surface area contributed by atoms with Crippen LogP contribution in [0.2, 0.25) is 0 Å². The Labute approximate surface area is 80.9 Å². The lowest BCUT2D eigenvalue weighted by atomic mass is 10.1. The molecule has 1 aromatic heterocycles. The molecule has 0 N–H and O–H groups in total. The molecule has 0 unspecified atom stereocenters. The van der Waals surface area contributed by atoms with E-state index in [9.17, 15) is 0 Å². The van der Waals surface area contributed by atoms with Crippen LogP contribution in [0.15, 0.2) is 45.8 Å². The van der Waals surface area contributed by atoms with Crippen molar-refractivity contribution in [3.63, 3.8) is 0 Å². The summed E-state index contributed by atoms with van der Waals surface area (Å²) in [6.45, 7) is 0. The standard InChI is InChI=1S/C12H7NO/c1-2-7-11-9(5-1)10-6-3-4-8-13-12(10)14-11/h1-7H. The van der Waals surface area contributed by atoms with Gasteiger partial charge in [0.1, 0.15) is 5.58 Å². The molecule has 0 saturated heterocycles. The van der Waals surface area contributed by atoms with Gasteiger partial charge >= 0.3 is 0 Å². The molecule has 2 nitrogen and oxygen atoms in total. The molecule has 0 fully saturated rings. The van der Waals surface area contributed by atoms with E-state index in [1.807, 2.05) is 36.4 Å². The minimum atomic E-state index is 0.635. The average Bonchev–Trinajstić information content (AvgIpc) is 2.42. The maximum Gasteiger partial charge on any atom is 0.235 e. The Morgan fingerprint density at radius 3 is 3.14 bits per heavy atom. The first-order chi connectivity index (χ1) is 6.95. The van der Waals surface area contributed by atoms with E-state index in [-0.39, 0.29) is 0 Å². The van der Waals surface area contributed by atoms with Gasteiger partial charge in [-0.15, -0.1) is 0 Å². The van der Waals surface area contributed by atoms with Crippen molar-refractivity contribution in [3.8, 4) is 0 Å². The Morgan fingerprint density at radius 2 is 2.14 bits per heavy atom. The molecule has 0 spiro atoms. The molecule has 0 atom stereocenters. The zero-order chi connectivity index (χ0) is 9.38. The van der Waals surface area contributed by atoms with Crippen molar-refractivity contribution >= 4 is 28.8 Å². The van der Waals surface area contributed by atoms with E-state index in [1.54, 1.807) is 6.08 Å². The molecule has 0 saturated carbocycles. The van der Waals surface area contributed by atoms with Gasteiger partial charge < -0.3 is 4.42 Å². The summed E-state index contributed by atoms with van der Waals surface area (Å²) in [6.07, 6.45) is 5.67. The summed E-state index contributed by atoms with van der Waals surface area (Å²) in [7, 11) is 0. The highest BCUT2D eigenvalue weighted by Crippen LogP contribution is 2.33. The van der Waals surface area contributed by atoms with Crippen LogP contribution in [0, 0.1) is 0 Å². The van der Waals surface area contributed by atoms with Gasteiger partial charge in [-0.1, -0.05) is 24.3 Å². The predicted octanol–water partition coefficient (Wildman–Crippen LogP) is 3.32. The molecule has 0 radical (unpaired) electrons. The predicted molar refractivity (Wildman–Crippen MR) is 56.9 cm³/mol. The van der Waals surface area contributed by atoms with Crippen LogP contribution in [0.4, 0.5) is 5.88 Å². The molecule has 2 heterocycles. The highest BCUT2D eigenvalue weighted by Gasteiger charge is 2.10. The summed E-state index contributed by atoms with van der Waals surface area (Å²) >= 11 is 0. The summed E-state index contributed by atoms with van der Waals surface area (Å²) < 4.78 is 5.57. The topological polar surface area (TPSA) is 25.5 Å². The van der Waals surface area contributed by atoms with Gasteiger partial charge in [0.25, 0.3) is 0 Å². The van der Waals surface area contributed by atoms with Crippen LogP contribution < -0.4 is 0 Å². The lowest BCUT2D eigenvalue weighted by Crippen LogP contribution is -1.66. The molecule has 0 amide bonds. The van der Waals surface area contributed by atoms with Crippen molar-refractivity contribution < 1.29 is 4.42 Å². The lowest BCUT2D eigenvalue weighted by molar-refractivity contribution is 0.626. The highest BCUT2D eigenvalue weighted by molar-refractivity contribution is 5.93. The molecule has 0 aliphatic carbocycles. The molecule has 3 rings (SSSR count). The monoisotopic (exact) mass is 181 g/mol. The van der Waals surface area contributed by atoms with Crippen LogP contribution in [0.5, 0.6) is 0 Å². The van der Waals surface area contributed by atoms with Crippen molar-refractivity contribution in [1.82, 2.24) is 0 Å². The molecule has 14 heavy (non-hydrogen) atoms. The second kappa shape index (κ2) is 2.72. The quantitative estimate of drug-likeness (QED) is 0.612. The second-order valence-corrected chi connectivity index (χ2v) is 3.08. The Balaban J connectivity index is 2.46. The van der Waals surface area contributed by atoms with E-state index in [2.05, 4.69) is 10.9 Å². The number of hydrogen-bond acceptors (Lipinski definition) is 2. The van der Waals surface area contributed by atoms with E-state index in [0.29, 0.717) is 5.88 Å². The van der Waals surface area contributed by atoms with Gasteiger partial charge in [-0.3, -0.25) is 0 Å². The largest absolute Gasteiger partial charge is 0.437 e. The fourth-order valence-electron chi connectivity index (χ4n) is 1.58. The summed E-state index contributed by atoms with van der Waals surface area (Å²) in [5.74, 6) is 3.42. The van der Waals surface area contributed by atoms with E-state index in [4.69, 9.17) is 4.42 Å². The number of hydrogen-bond donors (Lipinski definition) is 0. The first-order valence-electron chi connectivity index (χ1n) is 4.43. The first kappa shape index (κ1) is 7.36. The average molecular weight is 181 g/mol. The van der Waals surface area contributed by atoms with E-state index in [0.717, 1.165) is 16.5 Å². The molecule has 0 bridgehead atoms. The van der Waals surface area contributed by atoms with Crippen LogP contribution in [0.1, 0.15) is 5.56 Å². The number of aliphatic imine (C=N–C) groups is 1. The van der Waals surface area contributed by atoms with Crippen LogP contribution >= 0.6 is 0 Å². The maximum atomic E-state index is 5.57. The summed E-state index contributed by atoms with van der Waals surface area (Å²) in [4.78, 5) is 4.09. The number of para-hydroxylation sites is 1. The lowest BCUT2D eigenvalue weighted by Gasteiger charge is -1.87. The van der Waals surface area contributed by atoms with E-state index >= 15 is 0 Å². The van der Waals surface area contributed by atoms with Gasteiger partial charge in [0.05, 0.1) is 0 Å². The van der Waals surface area contributed by atoms with Crippen molar-refractivity contribution in [3.05, 3.63) is 42.0 Å². The number of rotatable bonds is 0. The molecule has 2 heteroatoms. The van der Waals surface area contributed by atoms with E-state index in [1.165, 1.54) is 0 Å². The fraction of sp³-hybridized carbons (Fsp3) is 0. The van der Waals surface area contributed by atoms with Crippen molar-refractivity contribution in [1.29, 1.82) is 0 Å². The van der Waals surface area contributed by atoms with Gasteiger partial charge in [-0.05, 0) is 24.1 Å². The zero-order valence-electron chi connectivity index (χ0n) is 7.40. The van der Waals surface area contributed by atoms with Gasteiger partial charge in [-0.2, -0.15) is 4.99 Å². The molecule has 66 valence electrons. The van der Waals surface area contributed by atoms with Crippen LogP contribution in [-0.4, -0.2) is 5.87 Å². The highest BCUT2D eigenvalue weighted by atomic mass is 16.3. The molecule has 1 aromatic carbocycles. The minimum Gasteiger partial charge on any atom is -0.437 e. The number of benzene rings is 1. The Bertz CT molecular complexity index is 583. The summed E-state index contributed by atoms with van der Waals surface area (Å²) in [6, 6.07) is 7.92. The summed E-state index contributed by atoms with van der Waals surface area (Å²) in [5, 5.41) is 1.10. The number of allylic oxidation sites excluding steroid dienone is 2. The number of nitrogens with zero attached hydrogens (tertiary/aromatic N) is 1. The Hall–Kier alpha value is -2.05. The van der Waals surface area contributed by atoms with Crippen LogP contribution in [0.25, 0.3) is 17.0 Å². The fourth-order valence-corrected chi connectivity index (χ4v) is 1.58. The third-order valence-electron chi connectivity index (χ3n) is 2.21. The third kappa shape index (κ3) is 0.951. The second-order valence-electron chi connectivity index (χ2n) is 3.08. The molecular formula is C12H7NO. The normalized spacial score (nSPS) is 13.1. The van der Waals surface area contributed by atoms with Gasteiger partial charge in [-0.25, -0.2) is 0 Å². The van der Waals surface area contributed by atoms with Gasteiger partial charge in [0.2, 0.25) is 5.88 Å². The number of furan rings is 1.